The summed E-state index contributed by atoms with van der Waals surface area (Å²) in [6.07, 6.45) is 0. The van der Waals surface area contributed by atoms with Gasteiger partial charge in [0.15, 0.2) is 17.4 Å². The van der Waals surface area contributed by atoms with Crippen molar-refractivity contribution in [3.63, 3.8) is 0 Å². The van der Waals surface area contributed by atoms with E-state index in [4.69, 9.17) is 16.3 Å². The van der Waals surface area contributed by atoms with Crippen LogP contribution in [0.3, 0.4) is 0 Å². The molecule has 7 heteroatoms. The standard InChI is InChI=1S/C11H15N5O2/c1-7-4-2-3-5-8(7)6-17-15-10(12)9-11(13)16-18-14-9/h2-5,14-15H,6,12H2,1H3,(H2,13,16). The van der Waals surface area contributed by atoms with Crippen molar-refractivity contribution in [2.45, 2.75) is 13.5 Å². The second-order valence-electron chi connectivity index (χ2n) is 3.78. The smallest absolute Gasteiger partial charge is 0.196 e. The molecule has 1 heterocycles. The Hall–Kier alpha value is -2.41. The van der Waals surface area contributed by atoms with E-state index in [1.807, 2.05) is 31.2 Å². The van der Waals surface area contributed by atoms with Crippen molar-refractivity contribution in [2.75, 3.05) is 0 Å². The highest BCUT2D eigenvalue weighted by atomic mass is 16.8. The molecule has 6 N–H and O–H groups in total. The highest BCUT2D eigenvalue weighted by Crippen LogP contribution is 2.08. The summed E-state index contributed by atoms with van der Waals surface area (Å²) in [5.74, 6) is 0.377. The number of oxime groups is 1. The molecule has 0 radical (unpaired) electrons. The lowest BCUT2D eigenvalue weighted by Crippen LogP contribution is -2.30. The molecule has 1 aliphatic heterocycles. The van der Waals surface area contributed by atoms with Crippen molar-refractivity contribution >= 4 is 5.84 Å². The van der Waals surface area contributed by atoms with Crippen molar-refractivity contribution in [1.82, 2.24) is 11.0 Å². The molecule has 96 valence electrons. The van der Waals surface area contributed by atoms with Crippen LogP contribution in [0.5, 0.6) is 0 Å². The first kappa shape index (κ1) is 12.1. The predicted octanol–water partition coefficient (Wildman–Crippen LogP) is -0.0490. The van der Waals surface area contributed by atoms with Crippen LogP contribution < -0.4 is 22.4 Å². The molecule has 1 aliphatic rings. The van der Waals surface area contributed by atoms with Crippen LogP contribution in [-0.2, 0) is 16.4 Å². The van der Waals surface area contributed by atoms with Crippen LogP contribution in [0.4, 0.5) is 0 Å². The number of nitrogens with one attached hydrogen (secondary N) is 2. The summed E-state index contributed by atoms with van der Waals surface area (Å²) in [4.78, 5) is 9.84. The molecule has 0 amide bonds. The highest BCUT2D eigenvalue weighted by molar-refractivity contribution is 5.97. The number of hydroxylamine groups is 2. The van der Waals surface area contributed by atoms with Gasteiger partial charge in [-0.05, 0) is 23.2 Å². The minimum absolute atomic E-state index is 0.166. The van der Waals surface area contributed by atoms with Crippen LogP contribution in [0, 0.1) is 6.92 Å². The summed E-state index contributed by atoms with van der Waals surface area (Å²) in [6, 6.07) is 7.91. The molecule has 1 aromatic rings. The molecule has 0 atom stereocenters. The van der Waals surface area contributed by atoms with Crippen molar-refractivity contribution in [1.29, 1.82) is 0 Å². The Morgan fingerprint density at radius 2 is 2.28 bits per heavy atom. The van der Waals surface area contributed by atoms with E-state index in [0.717, 1.165) is 11.1 Å². The summed E-state index contributed by atoms with van der Waals surface area (Å²) in [6.45, 7) is 2.40. The number of benzene rings is 1. The highest BCUT2D eigenvalue weighted by Gasteiger charge is 2.15. The molecule has 0 bridgehead atoms. The van der Waals surface area contributed by atoms with Crippen LogP contribution in [0.2, 0.25) is 0 Å². The minimum atomic E-state index is 0.166. The van der Waals surface area contributed by atoms with Gasteiger partial charge in [0.2, 0.25) is 0 Å². The van der Waals surface area contributed by atoms with Gasteiger partial charge >= 0.3 is 0 Å². The van der Waals surface area contributed by atoms with Gasteiger partial charge in [0.1, 0.15) is 0 Å². The topological polar surface area (TPSA) is 107 Å². The van der Waals surface area contributed by atoms with Gasteiger partial charge in [-0.2, -0.15) is 5.48 Å². The molecule has 0 unspecified atom stereocenters. The fraction of sp³-hybridized carbons (Fsp3) is 0.182. The molecular weight excluding hydrogens is 234 g/mol. The van der Waals surface area contributed by atoms with Gasteiger partial charge in [0.25, 0.3) is 0 Å². The van der Waals surface area contributed by atoms with E-state index in [1.54, 1.807) is 0 Å². The predicted molar refractivity (Wildman–Crippen MR) is 66.2 cm³/mol. The fourth-order valence-electron chi connectivity index (χ4n) is 1.42. The third-order valence-corrected chi connectivity index (χ3v) is 2.49. The Kier molecular flexibility index (Phi) is 3.54. The van der Waals surface area contributed by atoms with Crippen molar-refractivity contribution in [2.24, 2.45) is 16.6 Å². The lowest BCUT2D eigenvalue weighted by molar-refractivity contribution is 0.0438. The molecule has 7 nitrogen and oxygen atoms in total. The Morgan fingerprint density at radius 3 is 2.94 bits per heavy atom. The monoisotopic (exact) mass is 249 g/mol. The summed E-state index contributed by atoms with van der Waals surface area (Å²) in [5, 5.41) is 3.47. The van der Waals surface area contributed by atoms with E-state index in [-0.39, 0.29) is 11.7 Å². The lowest BCUT2D eigenvalue weighted by atomic mass is 10.1. The number of aryl methyl sites for hydroxylation is 1. The van der Waals surface area contributed by atoms with Crippen LogP contribution in [0.15, 0.2) is 40.9 Å². The zero-order chi connectivity index (χ0) is 13.0. The van der Waals surface area contributed by atoms with Crippen LogP contribution in [0.25, 0.3) is 0 Å². The minimum Gasteiger partial charge on any atom is -0.382 e. The maximum Gasteiger partial charge on any atom is 0.196 e. The van der Waals surface area contributed by atoms with Gasteiger partial charge in [-0.25, -0.2) is 5.48 Å². The Balaban J connectivity index is 1.90. The van der Waals surface area contributed by atoms with Crippen molar-refractivity contribution in [3.8, 4) is 0 Å². The number of rotatable bonds is 4. The molecule has 0 fully saturated rings. The van der Waals surface area contributed by atoms with E-state index in [0.29, 0.717) is 12.3 Å². The van der Waals surface area contributed by atoms with E-state index in [9.17, 15) is 0 Å². The molecule has 2 rings (SSSR count). The Morgan fingerprint density at radius 1 is 1.50 bits per heavy atom. The normalized spacial score (nSPS) is 16.6. The fourth-order valence-corrected chi connectivity index (χ4v) is 1.42. The number of hydrogen-bond acceptors (Lipinski definition) is 7. The Labute approximate surface area is 104 Å². The first-order valence-corrected chi connectivity index (χ1v) is 5.36. The molecule has 0 aliphatic carbocycles. The molecule has 0 saturated heterocycles. The lowest BCUT2D eigenvalue weighted by Gasteiger charge is -2.10. The SMILES string of the molecule is Cc1ccccc1CONC(N)=C1NON=C1N. The molecule has 0 saturated carbocycles. The number of nitrogens with two attached hydrogens (primary N) is 2. The molecule has 0 aromatic heterocycles. The third-order valence-electron chi connectivity index (χ3n) is 2.49. The van der Waals surface area contributed by atoms with Gasteiger partial charge in [-0.3, -0.25) is 9.78 Å². The Bertz CT molecular complexity index is 498. The van der Waals surface area contributed by atoms with Gasteiger partial charge in [0, 0.05) is 0 Å². The van der Waals surface area contributed by atoms with Crippen LogP contribution in [-0.4, -0.2) is 5.84 Å². The van der Waals surface area contributed by atoms with Crippen LogP contribution in [0.1, 0.15) is 11.1 Å². The first-order chi connectivity index (χ1) is 8.68. The summed E-state index contributed by atoms with van der Waals surface area (Å²) < 4.78 is 0. The molecule has 1 aromatic carbocycles. The molecular formula is C11H15N5O2. The van der Waals surface area contributed by atoms with Crippen molar-refractivity contribution < 1.29 is 9.78 Å². The number of hydrogen-bond donors (Lipinski definition) is 4. The summed E-state index contributed by atoms with van der Waals surface area (Å²) in [7, 11) is 0. The maximum absolute atomic E-state index is 5.71. The first-order valence-electron chi connectivity index (χ1n) is 5.36. The number of amidine groups is 1. The average molecular weight is 249 g/mol. The third kappa shape index (κ3) is 2.64. The van der Waals surface area contributed by atoms with Crippen molar-refractivity contribution in [3.05, 3.63) is 46.9 Å². The maximum atomic E-state index is 5.71. The molecule has 18 heavy (non-hydrogen) atoms. The van der Waals surface area contributed by atoms with Gasteiger partial charge in [-0.15, -0.1) is 0 Å². The second-order valence-corrected chi connectivity index (χ2v) is 3.78. The largest absolute Gasteiger partial charge is 0.382 e. The van der Waals surface area contributed by atoms with E-state index in [1.165, 1.54) is 0 Å². The van der Waals surface area contributed by atoms with E-state index >= 15 is 0 Å². The second kappa shape index (κ2) is 5.28. The zero-order valence-corrected chi connectivity index (χ0v) is 9.93. The summed E-state index contributed by atoms with van der Waals surface area (Å²) >= 11 is 0. The summed E-state index contributed by atoms with van der Waals surface area (Å²) in [5.41, 5.74) is 18.8. The average Bonchev–Trinajstić information content (AvgIpc) is 2.78. The quantitative estimate of drug-likeness (QED) is 0.557. The molecule has 0 spiro atoms. The van der Waals surface area contributed by atoms with Gasteiger partial charge in [0.05, 0.1) is 6.61 Å². The van der Waals surface area contributed by atoms with E-state index < -0.39 is 0 Å². The van der Waals surface area contributed by atoms with Crippen LogP contribution >= 0.6 is 0 Å². The van der Waals surface area contributed by atoms with E-state index in [2.05, 4.69) is 21.1 Å². The van der Waals surface area contributed by atoms with Gasteiger partial charge in [-0.1, -0.05) is 24.3 Å². The zero-order valence-electron chi connectivity index (χ0n) is 9.93. The van der Waals surface area contributed by atoms with Gasteiger partial charge < -0.3 is 11.5 Å². The number of nitrogens with zero attached hydrogens (tertiary/aromatic N) is 1.